The first-order chi connectivity index (χ1) is 8.81. The van der Waals surface area contributed by atoms with Gasteiger partial charge in [0, 0.05) is 11.1 Å². The minimum atomic E-state index is 0.546. The van der Waals surface area contributed by atoms with Crippen molar-refractivity contribution in [2.75, 3.05) is 0 Å². The van der Waals surface area contributed by atoms with Crippen LogP contribution in [0.5, 0.6) is 0 Å². The molecule has 18 heavy (non-hydrogen) atoms. The molecule has 0 spiro atoms. The van der Waals surface area contributed by atoms with E-state index in [1.54, 1.807) is 0 Å². The molecule has 1 aromatic carbocycles. The van der Waals surface area contributed by atoms with Crippen molar-refractivity contribution in [2.24, 2.45) is 0 Å². The smallest absolute Gasteiger partial charge is 0.188 e. The van der Waals surface area contributed by atoms with Crippen LogP contribution in [-0.2, 0) is 6.54 Å². The van der Waals surface area contributed by atoms with Crippen LogP contribution in [0, 0.1) is 0 Å². The van der Waals surface area contributed by atoms with Gasteiger partial charge in [-0.2, -0.15) is 5.21 Å². The number of hydrogen-bond acceptors (Lipinski definition) is 4. The molecule has 0 bridgehead atoms. The third-order valence-electron chi connectivity index (χ3n) is 3.42. The summed E-state index contributed by atoms with van der Waals surface area (Å²) >= 11 is 5.88. The van der Waals surface area contributed by atoms with Gasteiger partial charge in [0.2, 0.25) is 0 Å². The highest BCUT2D eigenvalue weighted by molar-refractivity contribution is 6.30. The fourth-order valence-corrected chi connectivity index (χ4v) is 2.41. The predicted molar refractivity (Wildman–Crippen MR) is 68.2 cm³/mol. The molecule has 0 unspecified atom stereocenters. The zero-order valence-electron chi connectivity index (χ0n) is 9.81. The van der Waals surface area contributed by atoms with E-state index >= 15 is 0 Å². The average molecular weight is 264 g/mol. The van der Waals surface area contributed by atoms with E-state index < -0.39 is 0 Å². The zero-order chi connectivity index (χ0) is 12.4. The van der Waals surface area contributed by atoms with Crippen molar-refractivity contribution in [3.05, 3.63) is 40.7 Å². The number of rotatable bonds is 4. The molecule has 1 aromatic heterocycles. The van der Waals surface area contributed by atoms with E-state index in [4.69, 9.17) is 11.6 Å². The topological polar surface area (TPSA) is 66.5 Å². The second-order valence-corrected chi connectivity index (χ2v) is 5.06. The van der Waals surface area contributed by atoms with Crippen molar-refractivity contribution in [1.82, 2.24) is 25.9 Å². The molecule has 2 N–H and O–H groups in total. The number of aromatic amines is 1. The van der Waals surface area contributed by atoms with Crippen LogP contribution >= 0.6 is 11.6 Å². The zero-order valence-corrected chi connectivity index (χ0v) is 10.6. The molecule has 0 amide bonds. The lowest BCUT2D eigenvalue weighted by molar-refractivity contribution is 0.287. The minimum Gasteiger partial charge on any atom is -0.307 e. The monoisotopic (exact) mass is 263 g/mol. The molecule has 1 aliphatic rings. The Morgan fingerprint density at radius 3 is 2.72 bits per heavy atom. The van der Waals surface area contributed by atoms with Crippen molar-refractivity contribution in [3.8, 4) is 0 Å². The Bertz CT molecular complexity index is 490. The molecule has 1 fully saturated rings. The molecular weight excluding hydrogens is 250 g/mol. The standard InChI is InChI=1S/C12H14ClN5/c13-10-3-1-8(2-4-10)9-5-11(6-9)14-7-12-15-17-18-16-12/h1-4,9,11,14H,5-7H2,(H,15,16,17,18). The maximum Gasteiger partial charge on any atom is 0.188 e. The maximum atomic E-state index is 5.88. The van der Waals surface area contributed by atoms with Gasteiger partial charge in [-0.15, -0.1) is 10.2 Å². The van der Waals surface area contributed by atoms with Crippen molar-refractivity contribution >= 4 is 11.6 Å². The van der Waals surface area contributed by atoms with Gasteiger partial charge in [-0.05, 0) is 36.5 Å². The lowest BCUT2D eigenvalue weighted by atomic mass is 9.76. The van der Waals surface area contributed by atoms with Gasteiger partial charge >= 0.3 is 0 Å². The van der Waals surface area contributed by atoms with Gasteiger partial charge in [0.05, 0.1) is 6.54 Å². The summed E-state index contributed by atoms with van der Waals surface area (Å²) in [5, 5.41) is 18.0. The van der Waals surface area contributed by atoms with Crippen molar-refractivity contribution < 1.29 is 0 Å². The van der Waals surface area contributed by atoms with E-state index in [1.165, 1.54) is 5.56 Å². The Balaban J connectivity index is 1.47. The van der Waals surface area contributed by atoms with E-state index in [0.717, 1.165) is 17.9 Å². The van der Waals surface area contributed by atoms with Gasteiger partial charge in [0.25, 0.3) is 0 Å². The fourth-order valence-electron chi connectivity index (χ4n) is 2.28. The third kappa shape index (κ3) is 2.52. The van der Waals surface area contributed by atoms with Crippen LogP contribution < -0.4 is 5.32 Å². The van der Waals surface area contributed by atoms with Crippen LogP contribution in [0.4, 0.5) is 0 Å². The molecule has 6 heteroatoms. The Morgan fingerprint density at radius 2 is 2.06 bits per heavy atom. The number of halogens is 1. The van der Waals surface area contributed by atoms with E-state index in [0.29, 0.717) is 24.3 Å². The summed E-state index contributed by atoms with van der Waals surface area (Å²) in [6.07, 6.45) is 2.30. The molecule has 1 saturated carbocycles. The molecule has 3 rings (SSSR count). The molecule has 2 aromatic rings. The average Bonchev–Trinajstić information content (AvgIpc) is 2.82. The number of nitrogens with one attached hydrogen (secondary N) is 2. The predicted octanol–water partition coefficient (Wildman–Crippen LogP) is 1.89. The number of hydrogen-bond donors (Lipinski definition) is 2. The lowest BCUT2D eigenvalue weighted by Gasteiger charge is -2.36. The summed E-state index contributed by atoms with van der Waals surface area (Å²) < 4.78 is 0. The van der Waals surface area contributed by atoms with Gasteiger partial charge in [-0.1, -0.05) is 28.9 Å². The van der Waals surface area contributed by atoms with Crippen molar-refractivity contribution in [2.45, 2.75) is 31.3 Å². The summed E-state index contributed by atoms with van der Waals surface area (Å²) in [5.74, 6) is 1.36. The van der Waals surface area contributed by atoms with E-state index in [9.17, 15) is 0 Å². The first-order valence-corrected chi connectivity index (χ1v) is 6.40. The van der Waals surface area contributed by atoms with E-state index in [-0.39, 0.29) is 0 Å². The van der Waals surface area contributed by atoms with Crippen molar-refractivity contribution in [3.63, 3.8) is 0 Å². The Labute approximate surface area is 110 Å². The second-order valence-electron chi connectivity index (χ2n) is 4.63. The summed E-state index contributed by atoms with van der Waals surface area (Å²) in [6, 6.07) is 8.68. The second kappa shape index (κ2) is 5.04. The van der Waals surface area contributed by atoms with Crippen LogP contribution in [-0.4, -0.2) is 26.7 Å². The highest BCUT2D eigenvalue weighted by Crippen LogP contribution is 2.37. The molecule has 94 valence electrons. The SMILES string of the molecule is Clc1ccc(C2CC(NCc3nn[nH]n3)C2)cc1. The van der Waals surface area contributed by atoms with Gasteiger partial charge in [0.15, 0.2) is 5.82 Å². The van der Waals surface area contributed by atoms with Gasteiger partial charge in [-0.3, -0.25) is 0 Å². The number of benzene rings is 1. The summed E-state index contributed by atoms with van der Waals surface area (Å²) in [6.45, 7) is 0.675. The van der Waals surface area contributed by atoms with Crippen LogP contribution in [0.25, 0.3) is 0 Å². The number of H-pyrrole nitrogens is 1. The molecule has 1 aliphatic carbocycles. The third-order valence-corrected chi connectivity index (χ3v) is 3.67. The van der Waals surface area contributed by atoms with Gasteiger partial charge < -0.3 is 5.32 Å². The largest absolute Gasteiger partial charge is 0.307 e. The molecule has 1 heterocycles. The number of aromatic nitrogens is 4. The first kappa shape index (κ1) is 11.6. The Morgan fingerprint density at radius 1 is 1.28 bits per heavy atom. The summed E-state index contributed by atoms with van der Waals surface area (Å²) in [5.41, 5.74) is 1.37. The van der Waals surface area contributed by atoms with Gasteiger partial charge in [0.1, 0.15) is 0 Å². The summed E-state index contributed by atoms with van der Waals surface area (Å²) in [7, 11) is 0. The van der Waals surface area contributed by atoms with Crippen molar-refractivity contribution in [1.29, 1.82) is 0 Å². The molecule has 0 atom stereocenters. The van der Waals surface area contributed by atoms with Crippen LogP contribution in [0.15, 0.2) is 24.3 Å². The number of nitrogens with zero attached hydrogens (tertiary/aromatic N) is 3. The van der Waals surface area contributed by atoms with Crippen LogP contribution in [0.1, 0.15) is 30.1 Å². The summed E-state index contributed by atoms with van der Waals surface area (Å²) in [4.78, 5) is 0. The quantitative estimate of drug-likeness (QED) is 0.884. The normalized spacial score (nSPS) is 22.7. The molecular formula is C12H14ClN5. The highest BCUT2D eigenvalue weighted by atomic mass is 35.5. The van der Waals surface area contributed by atoms with Crippen LogP contribution in [0.2, 0.25) is 5.02 Å². The van der Waals surface area contributed by atoms with Gasteiger partial charge in [-0.25, -0.2) is 0 Å². The molecule has 0 radical (unpaired) electrons. The Kier molecular flexibility index (Phi) is 3.25. The lowest BCUT2D eigenvalue weighted by Crippen LogP contribution is -2.39. The van der Waals surface area contributed by atoms with Crippen LogP contribution in [0.3, 0.4) is 0 Å². The minimum absolute atomic E-state index is 0.546. The van der Waals surface area contributed by atoms with E-state index in [1.807, 2.05) is 12.1 Å². The molecule has 5 nitrogen and oxygen atoms in total. The number of tetrazole rings is 1. The van der Waals surface area contributed by atoms with E-state index in [2.05, 4.69) is 38.1 Å². The molecule has 0 saturated heterocycles. The maximum absolute atomic E-state index is 5.88. The fraction of sp³-hybridized carbons (Fsp3) is 0.417. The molecule has 0 aliphatic heterocycles. The Hall–Kier alpha value is -1.46. The first-order valence-electron chi connectivity index (χ1n) is 6.02. The highest BCUT2D eigenvalue weighted by Gasteiger charge is 2.29.